The van der Waals surface area contributed by atoms with E-state index in [1.165, 1.54) is 0 Å². The number of carbonyl (C=O) groups excluding carboxylic acids is 2. The van der Waals surface area contributed by atoms with E-state index in [1.807, 2.05) is 16.3 Å². The maximum Gasteiger partial charge on any atom is 0.317 e. The van der Waals surface area contributed by atoms with Crippen molar-refractivity contribution in [2.75, 3.05) is 32.8 Å². The fourth-order valence-electron chi connectivity index (χ4n) is 2.83. The molecule has 0 aromatic carbocycles. The Morgan fingerprint density at radius 2 is 2.04 bits per heavy atom. The predicted molar refractivity (Wildman–Crippen MR) is 91.4 cm³/mol. The maximum atomic E-state index is 12.3. The van der Waals surface area contributed by atoms with Gasteiger partial charge in [-0.1, -0.05) is 0 Å². The zero-order valence-corrected chi connectivity index (χ0v) is 15.2. The van der Waals surface area contributed by atoms with Crippen LogP contribution in [0.4, 0.5) is 4.79 Å². The minimum atomic E-state index is -0.271. The van der Waals surface area contributed by atoms with Gasteiger partial charge in [0.1, 0.15) is 6.10 Å². The van der Waals surface area contributed by atoms with E-state index in [1.54, 1.807) is 16.2 Å². The van der Waals surface area contributed by atoms with E-state index in [2.05, 4.69) is 21.2 Å². The Hall–Kier alpha value is -1.12. The quantitative estimate of drug-likeness (QED) is 0.842. The summed E-state index contributed by atoms with van der Waals surface area (Å²) in [5.41, 5.74) is 0. The van der Waals surface area contributed by atoms with Crippen LogP contribution in [0.3, 0.4) is 0 Å². The Morgan fingerprint density at radius 3 is 2.65 bits per heavy atom. The second-order valence-electron chi connectivity index (χ2n) is 5.70. The molecule has 1 aromatic rings. The predicted octanol–water partition coefficient (Wildman–Crippen LogP) is 2.04. The molecule has 23 heavy (non-hydrogen) atoms. The van der Waals surface area contributed by atoms with Crippen molar-refractivity contribution in [2.24, 2.45) is 0 Å². The van der Waals surface area contributed by atoms with Gasteiger partial charge in [0.05, 0.1) is 6.54 Å². The molecule has 126 valence electrons. The van der Waals surface area contributed by atoms with Gasteiger partial charge < -0.3 is 19.9 Å². The van der Waals surface area contributed by atoms with Crippen LogP contribution >= 0.6 is 27.3 Å². The van der Waals surface area contributed by atoms with Crippen LogP contribution < -0.4 is 5.32 Å². The Kier molecular flexibility index (Phi) is 5.55. The monoisotopic (exact) mass is 401 g/mol. The molecule has 8 heteroatoms. The summed E-state index contributed by atoms with van der Waals surface area (Å²) in [6.45, 7) is 3.51. The van der Waals surface area contributed by atoms with Gasteiger partial charge in [0.15, 0.2) is 0 Å². The number of carbonyl (C=O) groups is 2. The third kappa shape index (κ3) is 4.24. The number of thiophene rings is 1. The molecule has 0 saturated carbocycles. The minimum absolute atomic E-state index is 0.0706. The van der Waals surface area contributed by atoms with E-state index >= 15 is 0 Å². The lowest BCUT2D eigenvalue weighted by Gasteiger charge is -2.35. The van der Waals surface area contributed by atoms with Crippen LogP contribution in [0.5, 0.6) is 0 Å². The molecule has 3 rings (SSSR count). The van der Waals surface area contributed by atoms with Crippen LogP contribution in [0.1, 0.15) is 17.7 Å². The summed E-state index contributed by atoms with van der Waals surface area (Å²) >= 11 is 5.01. The first-order valence-corrected chi connectivity index (χ1v) is 9.47. The zero-order chi connectivity index (χ0) is 16.2. The number of halogens is 1. The van der Waals surface area contributed by atoms with Crippen molar-refractivity contribution in [1.29, 1.82) is 0 Å². The first-order chi connectivity index (χ1) is 11.1. The van der Waals surface area contributed by atoms with Gasteiger partial charge in [-0.15, -0.1) is 11.3 Å². The summed E-state index contributed by atoms with van der Waals surface area (Å²) < 4.78 is 6.48. The van der Waals surface area contributed by atoms with Crippen LogP contribution in [-0.4, -0.2) is 60.6 Å². The van der Waals surface area contributed by atoms with Crippen molar-refractivity contribution in [3.63, 3.8) is 0 Å². The number of amides is 3. The molecule has 2 aliphatic heterocycles. The molecule has 2 aliphatic rings. The normalized spacial score (nSPS) is 21.5. The number of hydrogen-bond acceptors (Lipinski definition) is 4. The van der Waals surface area contributed by atoms with Crippen LogP contribution in [0.2, 0.25) is 0 Å². The van der Waals surface area contributed by atoms with Crippen LogP contribution in [0, 0.1) is 0 Å². The Morgan fingerprint density at radius 1 is 1.30 bits per heavy atom. The highest BCUT2D eigenvalue weighted by Crippen LogP contribution is 2.19. The van der Waals surface area contributed by atoms with E-state index in [4.69, 9.17) is 4.74 Å². The highest BCUT2D eigenvalue weighted by atomic mass is 79.9. The smallest absolute Gasteiger partial charge is 0.317 e. The molecule has 3 amide bonds. The third-order valence-corrected chi connectivity index (χ3v) is 5.82. The highest BCUT2D eigenvalue weighted by molar-refractivity contribution is 9.10. The van der Waals surface area contributed by atoms with Crippen LogP contribution in [0.15, 0.2) is 15.9 Å². The summed E-state index contributed by atoms with van der Waals surface area (Å²) in [5, 5.41) is 4.93. The summed E-state index contributed by atoms with van der Waals surface area (Å²) in [7, 11) is 0. The summed E-state index contributed by atoms with van der Waals surface area (Å²) in [6, 6.07) is 1.93. The maximum absolute atomic E-state index is 12.3. The zero-order valence-electron chi connectivity index (χ0n) is 12.8. The summed E-state index contributed by atoms with van der Waals surface area (Å²) in [5.74, 6) is 0.0750. The van der Waals surface area contributed by atoms with Crippen molar-refractivity contribution in [3.05, 3.63) is 20.8 Å². The average molecular weight is 402 g/mol. The Labute approximate surface area is 147 Å². The SMILES string of the molecule is O=C(NCc1cc(Br)cs1)N1CCN(C(=O)C2CCCO2)CC1. The Bertz CT molecular complexity index is 566. The highest BCUT2D eigenvalue weighted by Gasteiger charge is 2.31. The van der Waals surface area contributed by atoms with Crippen molar-refractivity contribution >= 4 is 39.2 Å². The van der Waals surface area contributed by atoms with Crippen LogP contribution in [-0.2, 0) is 16.1 Å². The van der Waals surface area contributed by atoms with Gasteiger partial charge in [0.25, 0.3) is 5.91 Å². The van der Waals surface area contributed by atoms with E-state index in [-0.39, 0.29) is 18.0 Å². The van der Waals surface area contributed by atoms with Crippen molar-refractivity contribution in [1.82, 2.24) is 15.1 Å². The van der Waals surface area contributed by atoms with Crippen LogP contribution in [0.25, 0.3) is 0 Å². The van der Waals surface area contributed by atoms with Gasteiger partial charge in [-0.25, -0.2) is 4.79 Å². The average Bonchev–Trinajstić information content (AvgIpc) is 3.24. The molecular formula is C15H20BrN3O3S. The number of piperazine rings is 1. The molecule has 2 saturated heterocycles. The molecule has 3 heterocycles. The van der Waals surface area contributed by atoms with E-state index in [9.17, 15) is 9.59 Å². The lowest BCUT2D eigenvalue weighted by molar-refractivity contribution is -0.142. The van der Waals surface area contributed by atoms with Crippen molar-refractivity contribution in [2.45, 2.75) is 25.5 Å². The molecule has 0 spiro atoms. The molecule has 1 unspecified atom stereocenters. The molecule has 2 fully saturated rings. The van der Waals surface area contributed by atoms with Crippen molar-refractivity contribution in [3.8, 4) is 0 Å². The minimum Gasteiger partial charge on any atom is -0.368 e. The molecule has 0 bridgehead atoms. The first kappa shape index (κ1) is 16.7. The second kappa shape index (κ2) is 7.63. The standard InChI is InChI=1S/C15H20BrN3O3S/c16-11-8-12(23-10-11)9-17-15(21)19-5-3-18(4-6-19)14(20)13-2-1-7-22-13/h8,10,13H,1-7,9H2,(H,17,21). The number of nitrogens with zero attached hydrogens (tertiary/aromatic N) is 2. The molecule has 1 N–H and O–H groups in total. The summed E-state index contributed by atoms with van der Waals surface area (Å²) in [4.78, 5) is 29.1. The summed E-state index contributed by atoms with van der Waals surface area (Å²) in [6.07, 6.45) is 1.50. The lowest BCUT2D eigenvalue weighted by atomic mass is 10.2. The largest absolute Gasteiger partial charge is 0.368 e. The van der Waals surface area contributed by atoms with Gasteiger partial charge in [0, 0.05) is 47.5 Å². The molecule has 0 radical (unpaired) electrons. The number of urea groups is 1. The van der Waals surface area contributed by atoms with Gasteiger partial charge in [-0.2, -0.15) is 0 Å². The second-order valence-corrected chi connectivity index (χ2v) is 7.62. The topological polar surface area (TPSA) is 61.9 Å². The number of nitrogens with one attached hydrogen (secondary N) is 1. The van der Waals surface area contributed by atoms with E-state index in [0.29, 0.717) is 39.3 Å². The molecule has 1 atom stereocenters. The van der Waals surface area contributed by atoms with Gasteiger partial charge >= 0.3 is 6.03 Å². The fraction of sp³-hybridized carbons (Fsp3) is 0.600. The molecule has 0 aliphatic carbocycles. The number of rotatable bonds is 3. The van der Waals surface area contributed by atoms with Gasteiger partial charge in [-0.3, -0.25) is 4.79 Å². The third-order valence-electron chi connectivity index (χ3n) is 4.12. The number of hydrogen-bond donors (Lipinski definition) is 1. The molecular weight excluding hydrogens is 382 g/mol. The fourth-order valence-corrected chi connectivity index (χ4v) is 4.22. The lowest BCUT2D eigenvalue weighted by Crippen LogP contribution is -2.54. The van der Waals surface area contributed by atoms with Gasteiger partial charge in [0.2, 0.25) is 0 Å². The van der Waals surface area contributed by atoms with Crippen molar-refractivity contribution < 1.29 is 14.3 Å². The molecule has 1 aromatic heterocycles. The molecule has 6 nitrogen and oxygen atoms in total. The first-order valence-electron chi connectivity index (χ1n) is 7.79. The Balaban J connectivity index is 1.42. The van der Waals surface area contributed by atoms with E-state index in [0.717, 1.165) is 22.2 Å². The number of ether oxygens (including phenoxy) is 1. The van der Waals surface area contributed by atoms with Gasteiger partial charge in [-0.05, 0) is 34.8 Å². The van der Waals surface area contributed by atoms with E-state index < -0.39 is 0 Å².